The maximum atomic E-state index is 6.22. The van der Waals surface area contributed by atoms with Crippen molar-refractivity contribution in [2.45, 2.75) is 25.4 Å². The van der Waals surface area contributed by atoms with E-state index in [1.165, 1.54) is 0 Å². The average molecular weight is 424 g/mol. The Bertz CT molecular complexity index is 867. The highest BCUT2D eigenvalue weighted by molar-refractivity contribution is 6.42. The lowest BCUT2D eigenvalue weighted by molar-refractivity contribution is 0.300. The summed E-state index contributed by atoms with van der Waals surface area (Å²) >= 11 is 18.3. The Balaban J connectivity index is 1.44. The third-order valence-electron chi connectivity index (χ3n) is 4.63. The van der Waals surface area contributed by atoms with E-state index >= 15 is 0 Å². The first-order chi connectivity index (χ1) is 13.0. The standard InChI is InChI=1S/C20H17Cl3N2O2/c1-11-2-3-12(6-15(11)22)17-9-26-19(24-17)8-20-25-18(10-27-20)13-4-5-14(21)16(23)7-13/h2-7,17-18H,8-10H2,1H3. The van der Waals surface area contributed by atoms with Crippen LogP contribution in [0.3, 0.4) is 0 Å². The van der Waals surface area contributed by atoms with Crippen molar-refractivity contribution < 1.29 is 9.47 Å². The number of nitrogens with zero attached hydrogens (tertiary/aromatic N) is 2. The fourth-order valence-electron chi connectivity index (χ4n) is 3.05. The lowest BCUT2D eigenvalue weighted by Gasteiger charge is -2.07. The summed E-state index contributed by atoms with van der Waals surface area (Å²) in [5.74, 6) is 1.25. The molecule has 4 rings (SSSR count). The van der Waals surface area contributed by atoms with E-state index in [0.717, 1.165) is 21.7 Å². The summed E-state index contributed by atoms with van der Waals surface area (Å²) in [4.78, 5) is 9.28. The number of aliphatic imine (C=N–C) groups is 2. The zero-order valence-electron chi connectivity index (χ0n) is 14.6. The maximum Gasteiger partial charge on any atom is 0.193 e. The summed E-state index contributed by atoms with van der Waals surface area (Å²) < 4.78 is 11.5. The van der Waals surface area contributed by atoms with Gasteiger partial charge in [0.1, 0.15) is 25.3 Å². The first-order valence-corrected chi connectivity index (χ1v) is 9.73. The Hall–Kier alpha value is -1.75. The third-order valence-corrected chi connectivity index (χ3v) is 5.77. The van der Waals surface area contributed by atoms with Crippen LogP contribution in [0.15, 0.2) is 46.4 Å². The summed E-state index contributed by atoms with van der Waals surface area (Å²) in [7, 11) is 0. The van der Waals surface area contributed by atoms with Crippen LogP contribution in [-0.4, -0.2) is 25.0 Å². The van der Waals surface area contributed by atoms with Gasteiger partial charge in [-0.05, 0) is 41.8 Å². The second-order valence-electron chi connectivity index (χ2n) is 6.56. The molecule has 2 aliphatic rings. The smallest absolute Gasteiger partial charge is 0.193 e. The van der Waals surface area contributed by atoms with E-state index in [-0.39, 0.29) is 12.1 Å². The fraction of sp³-hybridized carbons (Fsp3) is 0.300. The van der Waals surface area contributed by atoms with Crippen LogP contribution in [0.4, 0.5) is 0 Å². The Labute approximate surface area is 172 Å². The quantitative estimate of drug-likeness (QED) is 0.606. The van der Waals surface area contributed by atoms with Crippen molar-refractivity contribution in [3.05, 3.63) is 68.2 Å². The molecular formula is C20H17Cl3N2O2. The molecule has 2 aliphatic heterocycles. The van der Waals surface area contributed by atoms with E-state index in [9.17, 15) is 0 Å². The molecule has 0 aliphatic carbocycles. The number of benzene rings is 2. The molecule has 2 aromatic carbocycles. The molecule has 7 heteroatoms. The molecule has 2 heterocycles. The van der Waals surface area contributed by atoms with E-state index in [2.05, 4.69) is 9.98 Å². The molecule has 0 bridgehead atoms. The lowest BCUT2D eigenvalue weighted by Crippen LogP contribution is -2.08. The number of aryl methyl sites for hydroxylation is 1. The number of halogens is 3. The van der Waals surface area contributed by atoms with Crippen molar-refractivity contribution in [3.63, 3.8) is 0 Å². The van der Waals surface area contributed by atoms with Crippen LogP contribution in [0.5, 0.6) is 0 Å². The normalized spacial score (nSPS) is 21.5. The Morgan fingerprint density at radius 2 is 1.37 bits per heavy atom. The largest absolute Gasteiger partial charge is 0.478 e. The Kier molecular flexibility index (Phi) is 5.31. The Morgan fingerprint density at radius 1 is 0.815 bits per heavy atom. The van der Waals surface area contributed by atoms with Crippen LogP contribution in [0.25, 0.3) is 0 Å². The first kappa shape index (κ1) is 18.6. The predicted octanol–water partition coefficient (Wildman–Crippen LogP) is 5.99. The minimum Gasteiger partial charge on any atom is -0.478 e. The van der Waals surface area contributed by atoms with E-state index in [0.29, 0.717) is 41.5 Å². The highest BCUT2D eigenvalue weighted by Gasteiger charge is 2.26. The minimum atomic E-state index is -0.0940. The average Bonchev–Trinajstić information content (AvgIpc) is 3.30. The van der Waals surface area contributed by atoms with Gasteiger partial charge in [0, 0.05) is 5.02 Å². The minimum absolute atomic E-state index is 0.0500. The van der Waals surface area contributed by atoms with Gasteiger partial charge in [-0.15, -0.1) is 0 Å². The van der Waals surface area contributed by atoms with Gasteiger partial charge in [-0.3, -0.25) is 0 Å². The van der Waals surface area contributed by atoms with E-state index in [4.69, 9.17) is 44.3 Å². The zero-order valence-corrected chi connectivity index (χ0v) is 16.9. The summed E-state index contributed by atoms with van der Waals surface area (Å²) in [6, 6.07) is 11.3. The monoisotopic (exact) mass is 422 g/mol. The van der Waals surface area contributed by atoms with Crippen LogP contribution < -0.4 is 0 Å². The molecule has 27 heavy (non-hydrogen) atoms. The van der Waals surface area contributed by atoms with Crippen LogP contribution >= 0.6 is 34.8 Å². The second kappa shape index (κ2) is 7.70. The van der Waals surface area contributed by atoms with Gasteiger partial charge in [0.15, 0.2) is 11.8 Å². The molecule has 0 amide bonds. The summed E-state index contributed by atoms with van der Waals surface area (Å²) in [6.07, 6.45) is 0.438. The number of ether oxygens (including phenoxy) is 2. The predicted molar refractivity (Wildman–Crippen MR) is 110 cm³/mol. The van der Waals surface area contributed by atoms with Crippen LogP contribution in [0.2, 0.25) is 15.1 Å². The lowest BCUT2D eigenvalue weighted by atomic mass is 10.1. The molecule has 0 saturated carbocycles. The van der Waals surface area contributed by atoms with Crippen LogP contribution in [0, 0.1) is 6.92 Å². The molecule has 0 saturated heterocycles. The molecule has 0 spiro atoms. The van der Waals surface area contributed by atoms with Gasteiger partial charge in [-0.1, -0.05) is 53.0 Å². The SMILES string of the molecule is Cc1ccc(C2COC(CC3=NC(c4ccc(Cl)c(Cl)c4)CO3)=N2)cc1Cl. The van der Waals surface area contributed by atoms with Gasteiger partial charge in [0.25, 0.3) is 0 Å². The molecule has 0 radical (unpaired) electrons. The third kappa shape index (κ3) is 4.08. The highest BCUT2D eigenvalue weighted by Crippen LogP contribution is 2.31. The van der Waals surface area contributed by atoms with Crippen LogP contribution in [-0.2, 0) is 9.47 Å². The summed E-state index contributed by atoms with van der Waals surface area (Å²) in [6.45, 7) is 2.95. The fourth-order valence-corrected chi connectivity index (χ4v) is 3.54. The molecular weight excluding hydrogens is 407 g/mol. The van der Waals surface area contributed by atoms with Gasteiger partial charge < -0.3 is 9.47 Å². The number of hydrogen-bond acceptors (Lipinski definition) is 4. The zero-order chi connectivity index (χ0) is 19.0. The molecule has 2 aromatic rings. The molecule has 2 unspecified atom stereocenters. The van der Waals surface area contributed by atoms with Crippen molar-refractivity contribution in [1.82, 2.24) is 0 Å². The maximum absolute atomic E-state index is 6.22. The van der Waals surface area contributed by atoms with Gasteiger partial charge in [0.2, 0.25) is 0 Å². The molecule has 0 aromatic heterocycles. The van der Waals surface area contributed by atoms with Gasteiger partial charge in [0.05, 0.1) is 16.5 Å². The van der Waals surface area contributed by atoms with Crippen molar-refractivity contribution in [3.8, 4) is 0 Å². The van der Waals surface area contributed by atoms with E-state index in [1.54, 1.807) is 6.07 Å². The molecule has 140 valence electrons. The van der Waals surface area contributed by atoms with Gasteiger partial charge in [-0.25, -0.2) is 9.98 Å². The van der Waals surface area contributed by atoms with Gasteiger partial charge >= 0.3 is 0 Å². The summed E-state index contributed by atoms with van der Waals surface area (Å²) in [5.41, 5.74) is 3.06. The Morgan fingerprint density at radius 3 is 1.93 bits per heavy atom. The number of rotatable bonds is 4. The molecule has 0 fully saturated rings. The van der Waals surface area contributed by atoms with Gasteiger partial charge in [-0.2, -0.15) is 0 Å². The topological polar surface area (TPSA) is 43.2 Å². The summed E-state index contributed by atoms with van der Waals surface area (Å²) in [5, 5.41) is 1.78. The molecule has 0 N–H and O–H groups in total. The van der Waals surface area contributed by atoms with E-state index in [1.807, 2.05) is 37.3 Å². The van der Waals surface area contributed by atoms with Crippen molar-refractivity contribution >= 4 is 46.6 Å². The first-order valence-electron chi connectivity index (χ1n) is 8.59. The van der Waals surface area contributed by atoms with Crippen molar-refractivity contribution in [2.24, 2.45) is 9.98 Å². The van der Waals surface area contributed by atoms with Crippen LogP contribution in [0.1, 0.15) is 35.2 Å². The molecule has 4 nitrogen and oxygen atoms in total. The second-order valence-corrected chi connectivity index (χ2v) is 7.78. The van der Waals surface area contributed by atoms with Crippen molar-refractivity contribution in [1.29, 1.82) is 0 Å². The highest BCUT2D eigenvalue weighted by atomic mass is 35.5. The van der Waals surface area contributed by atoms with E-state index < -0.39 is 0 Å². The van der Waals surface area contributed by atoms with Crippen molar-refractivity contribution in [2.75, 3.05) is 13.2 Å². The number of hydrogen-bond donors (Lipinski definition) is 0. The molecule has 2 atom stereocenters.